The monoisotopic (exact) mass is 432 g/mol. The van der Waals surface area contributed by atoms with Crippen molar-refractivity contribution in [3.8, 4) is 0 Å². The molecule has 0 saturated carbocycles. The number of anilines is 2. The number of likely N-dealkylation sites (tertiary alicyclic amines) is 1. The number of fused-ring (bicyclic) bond motifs is 2. The van der Waals surface area contributed by atoms with E-state index in [1.54, 1.807) is 17.6 Å². The number of pyridine rings is 1. The van der Waals surface area contributed by atoms with Crippen LogP contribution in [0.25, 0.3) is 20.4 Å². The molecule has 4 aromatic rings. The maximum atomic E-state index is 14.1. The Bertz CT molecular complexity index is 1110. The number of piperidine rings is 1. The quantitative estimate of drug-likeness (QED) is 0.397. The number of hydrogen-bond donors (Lipinski definition) is 1. The SMILES string of the molecule is CC1CCCCN1C.Fc1cc2scnc2cc1Nc1c(F)cnc2sccc12. The van der Waals surface area contributed by atoms with Crippen LogP contribution in [0.15, 0.2) is 35.3 Å². The fourth-order valence-electron chi connectivity index (χ4n) is 3.38. The highest BCUT2D eigenvalue weighted by atomic mass is 32.1. The number of benzene rings is 1. The number of thiazole rings is 1. The molecule has 4 nitrogen and oxygen atoms in total. The van der Waals surface area contributed by atoms with E-state index < -0.39 is 11.6 Å². The van der Waals surface area contributed by atoms with Gasteiger partial charge in [-0.05, 0) is 56.9 Å². The molecule has 8 heteroatoms. The summed E-state index contributed by atoms with van der Waals surface area (Å²) in [4.78, 5) is 11.3. The van der Waals surface area contributed by atoms with Crippen LogP contribution in [0.4, 0.5) is 20.2 Å². The zero-order chi connectivity index (χ0) is 20.4. The Kier molecular flexibility index (Phi) is 6.03. The summed E-state index contributed by atoms with van der Waals surface area (Å²) in [5.74, 6) is -0.954. The smallest absolute Gasteiger partial charge is 0.165 e. The molecule has 5 rings (SSSR count). The van der Waals surface area contributed by atoms with Gasteiger partial charge in [-0.15, -0.1) is 22.7 Å². The summed E-state index contributed by atoms with van der Waals surface area (Å²) in [5.41, 5.74) is 2.76. The standard InChI is InChI=1S/C14H7F2N3S2.C7H15N/c15-8-3-12-11(18-6-21-12)4-10(8)19-13-7-1-2-20-14(7)17-5-9(13)16;1-7-5-3-4-6-8(7)2/h1-6H,(H,17,19);7H,3-6H2,1-2H3. The third-order valence-corrected chi connectivity index (χ3v) is 6.88. The summed E-state index contributed by atoms with van der Waals surface area (Å²) in [6.45, 7) is 3.61. The van der Waals surface area contributed by atoms with Crippen molar-refractivity contribution >= 4 is 54.5 Å². The fourth-order valence-corrected chi connectivity index (χ4v) is 4.81. The molecule has 1 aliphatic rings. The first-order valence-corrected chi connectivity index (χ1v) is 11.3. The van der Waals surface area contributed by atoms with Gasteiger partial charge in [-0.2, -0.15) is 0 Å². The van der Waals surface area contributed by atoms with Crippen molar-refractivity contribution in [1.82, 2.24) is 14.9 Å². The number of nitrogens with one attached hydrogen (secondary N) is 1. The second-order valence-corrected chi connectivity index (χ2v) is 9.00. The molecule has 0 spiro atoms. The molecule has 1 N–H and O–H groups in total. The number of hydrogen-bond acceptors (Lipinski definition) is 6. The minimum atomic E-state index is -0.515. The van der Waals surface area contributed by atoms with Crippen LogP contribution in [0.5, 0.6) is 0 Å². The molecule has 0 bridgehead atoms. The predicted octanol–water partition coefficient (Wildman–Crippen LogP) is 6.42. The molecule has 1 unspecified atom stereocenters. The van der Waals surface area contributed by atoms with E-state index >= 15 is 0 Å². The molecule has 0 radical (unpaired) electrons. The van der Waals surface area contributed by atoms with Gasteiger partial charge in [-0.1, -0.05) is 6.42 Å². The minimum Gasteiger partial charge on any atom is -0.350 e. The lowest BCUT2D eigenvalue weighted by molar-refractivity contribution is 0.200. The normalized spacial score (nSPS) is 17.3. The van der Waals surface area contributed by atoms with E-state index in [1.165, 1.54) is 54.5 Å². The zero-order valence-corrected chi connectivity index (χ0v) is 17.9. The van der Waals surface area contributed by atoms with Gasteiger partial charge in [-0.3, -0.25) is 0 Å². The van der Waals surface area contributed by atoms with Crippen molar-refractivity contribution in [2.45, 2.75) is 32.2 Å². The Labute approximate surface area is 176 Å². The third kappa shape index (κ3) is 4.39. The first kappa shape index (κ1) is 20.1. The van der Waals surface area contributed by atoms with Gasteiger partial charge in [0.1, 0.15) is 10.6 Å². The van der Waals surface area contributed by atoms with Crippen LogP contribution in [0.3, 0.4) is 0 Å². The van der Waals surface area contributed by atoms with Crippen LogP contribution in [0.1, 0.15) is 26.2 Å². The van der Waals surface area contributed by atoms with Crippen LogP contribution < -0.4 is 5.32 Å². The second-order valence-electron chi connectivity index (χ2n) is 7.22. The van der Waals surface area contributed by atoms with Crippen molar-refractivity contribution < 1.29 is 8.78 Å². The lowest BCUT2D eigenvalue weighted by Gasteiger charge is -2.29. The summed E-state index contributed by atoms with van der Waals surface area (Å²) < 4.78 is 28.9. The van der Waals surface area contributed by atoms with Crippen molar-refractivity contribution in [2.24, 2.45) is 0 Å². The van der Waals surface area contributed by atoms with Gasteiger partial charge in [0.15, 0.2) is 5.82 Å². The molecule has 1 atom stereocenters. The van der Waals surface area contributed by atoms with Crippen molar-refractivity contribution in [1.29, 1.82) is 0 Å². The van der Waals surface area contributed by atoms with Gasteiger partial charge < -0.3 is 10.2 Å². The molecule has 4 heterocycles. The van der Waals surface area contributed by atoms with Gasteiger partial charge in [0.25, 0.3) is 0 Å². The number of aromatic nitrogens is 2. The average Bonchev–Trinajstić information content (AvgIpc) is 3.36. The Balaban J connectivity index is 0.000000216. The molecular weight excluding hydrogens is 410 g/mol. The van der Waals surface area contributed by atoms with E-state index in [4.69, 9.17) is 0 Å². The first-order valence-electron chi connectivity index (χ1n) is 9.54. The van der Waals surface area contributed by atoms with Crippen molar-refractivity contribution in [3.63, 3.8) is 0 Å². The van der Waals surface area contributed by atoms with Crippen molar-refractivity contribution in [2.75, 3.05) is 18.9 Å². The molecule has 29 heavy (non-hydrogen) atoms. The average molecular weight is 433 g/mol. The molecular formula is C21H22F2N4S2. The van der Waals surface area contributed by atoms with E-state index in [0.29, 0.717) is 15.7 Å². The fraction of sp³-hybridized carbons (Fsp3) is 0.333. The molecule has 1 aliphatic heterocycles. The molecule has 3 aromatic heterocycles. The number of thiophene rings is 1. The van der Waals surface area contributed by atoms with Crippen molar-refractivity contribution in [3.05, 3.63) is 46.9 Å². The van der Waals surface area contributed by atoms with Crippen LogP contribution in [0.2, 0.25) is 0 Å². The van der Waals surface area contributed by atoms with E-state index in [9.17, 15) is 8.78 Å². The van der Waals surface area contributed by atoms with Gasteiger partial charge in [0, 0.05) is 11.4 Å². The first-order chi connectivity index (χ1) is 14.0. The highest BCUT2D eigenvalue weighted by Crippen LogP contribution is 2.33. The summed E-state index contributed by atoms with van der Waals surface area (Å²) in [6.07, 6.45) is 5.38. The third-order valence-electron chi connectivity index (χ3n) is 5.26. The van der Waals surface area contributed by atoms with Gasteiger partial charge in [0.2, 0.25) is 0 Å². The molecule has 0 aliphatic carbocycles. The predicted molar refractivity (Wildman–Crippen MR) is 118 cm³/mol. The van der Waals surface area contributed by atoms with E-state index in [0.717, 1.165) is 16.9 Å². The summed E-state index contributed by atoms with van der Waals surface area (Å²) in [6, 6.07) is 5.58. The summed E-state index contributed by atoms with van der Waals surface area (Å²) in [5, 5.41) is 5.29. The molecule has 0 amide bonds. The zero-order valence-electron chi connectivity index (χ0n) is 16.3. The lowest BCUT2D eigenvalue weighted by Crippen LogP contribution is -2.33. The maximum absolute atomic E-state index is 14.1. The molecule has 1 saturated heterocycles. The Morgan fingerprint density at radius 2 is 2.00 bits per heavy atom. The van der Waals surface area contributed by atoms with Gasteiger partial charge in [0.05, 0.1) is 33.3 Å². The van der Waals surface area contributed by atoms with Crippen LogP contribution in [-0.4, -0.2) is 34.5 Å². The molecule has 152 valence electrons. The molecule has 1 fully saturated rings. The Morgan fingerprint density at radius 3 is 2.76 bits per heavy atom. The minimum absolute atomic E-state index is 0.200. The van der Waals surface area contributed by atoms with Gasteiger partial charge >= 0.3 is 0 Å². The van der Waals surface area contributed by atoms with E-state index in [1.807, 2.05) is 5.38 Å². The highest BCUT2D eigenvalue weighted by Gasteiger charge is 2.14. The largest absolute Gasteiger partial charge is 0.350 e. The number of rotatable bonds is 2. The topological polar surface area (TPSA) is 41.1 Å². The highest BCUT2D eigenvalue weighted by molar-refractivity contribution is 7.17. The van der Waals surface area contributed by atoms with Crippen LogP contribution in [0, 0.1) is 11.6 Å². The van der Waals surface area contributed by atoms with Crippen LogP contribution >= 0.6 is 22.7 Å². The van der Waals surface area contributed by atoms with Crippen LogP contribution in [-0.2, 0) is 0 Å². The Morgan fingerprint density at radius 1 is 1.14 bits per heavy atom. The second kappa shape index (κ2) is 8.69. The Hall–Kier alpha value is -2.16. The number of halogens is 2. The molecule has 1 aromatic carbocycles. The summed E-state index contributed by atoms with van der Waals surface area (Å²) in [7, 11) is 2.21. The van der Waals surface area contributed by atoms with Gasteiger partial charge in [-0.25, -0.2) is 18.7 Å². The lowest BCUT2D eigenvalue weighted by atomic mass is 10.1. The number of nitrogens with zero attached hydrogens (tertiary/aromatic N) is 3. The maximum Gasteiger partial charge on any atom is 0.165 e. The summed E-state index contributed by atoms with van der Waals surface area (Å²) >= 11 is 2.77. The van der Waals surface area contributed by atoms with E-state index in [-0.39, 0.29) is 11.4 Å². The van der Waals surface area contributed by atoms with E-state index in [2.05, 4.69) is 34.2 Å².